The SMILES string of the molecule is O=C(c1cnc[nH]1)N1CCN(CCn2nc3c(cc2=O)CCCC3)CC1. The molecule has 0 spiro atoms. The van der Waals surface area contributed by atoms with Gasteiger partial charge in [0.1, 0.15) is 5.69 Å². The molecule has 0 atom stereocenters. The van der Waals surface area contributed by atoms with Gasteiger partial charge in [-0.3, -0.25) is 14.5 Å². The first kappa shape index (κ1) is 17.0. The van der Waals surface area contributed by atoms with E-state index in [2.05, 4.69) is 20.0 Å². The van der Waals surface area contributed by atoms with Gasteiger partial charge in [0.2, 0.25) is 0 Å². The highest BCUT2D eigenvalue weighted by Crippen LogP contribution is 2.16. The van der Waals surface area contributed by atoms with Gasteiger partial charge in [-0.2, -0.15) is 5.10 Å². The maximum Gasteiger partial charge on any atom is 0.272 e. The minimum atomic E-state index is -0.00489. The second-order valence-corrected chi connectivity index (χ2v) is 6.98. The summed E-state index contributed by atoms with van der Waals surface area (Å²) in [5.41, 5.74) is 2.75. The molecule has 1 fully saturated rings. The molecule has 2 aromatic rings. The van der Waals surface area contributed by atoms with Gasteiger partial charge in [0.25, 0.3) is 11.5 Å². The largest absolute Gasteiger partial charge is 0.341 e. The quantitative estimate of drug-likeness (QED) is 0.852. The molecule has 2 aromatic heterocycles. The average Bonchev–Trinajstić information content (AvgIpc) is 3.21. The van der Waals surface area contributed by atoms with Crippen LogP contribution in [0, 0.1) is 0 Å². The fraction of sp³-hybridized carbons (Fsp3) is 0.556. The molecule has 0 aromatic carbocycles. The van der Waals surface area contributed by atoms with Crippen LogP contribution < -0.4 is 5.56 Å². The number of aromatic nitrogens is 4. The Morgan fingerprint density at radius 1 is 1.12 bits per heavy atom. The minimum Gasteiger partial charge on any atom is -0.341 e. The van der Waals surface area contributed by atoms with E-state index in [1.54, 1.807) is 16.9 Å². The van der Waals surface area contributed by atoms with E-state index < -0.39 is 0 Å². The molecule has 0 saturated carbocycles. The van der Waals surface area contributed by atoms with Crippen LogP contribution in [0.2, 0.25) is 0 Å². The van der Waals surface area contributed by atoms with Crippen molar-refractivity contribution in [3.63, 3.8) is 0 Å². The molecule has 8 nitrogen and oxygen atoms in total. The van der Waals surface area contributed by atoms with Crippen molar-refractivity contribution in [1.82, 2.24) is 29.5 Å². The number of aryl methyl sites for hydroxylation is 2. The van der Waals surface area contributed by atoms with Crippen molar-refractivity contribution in [2.45, 2.75) is 32.2 Å². The average molecular weight is 356 g/mol. The lowest BCUT2D eigenvalue weighted by Gasteiger charge is -2.34. The van der Waals surface area contributed by atoms with Crippen LogP contribution in [0.4, 0.5) is 0 Å². The Hall–Kier alpha value is -2.48. The van der Waals surface area contributed by atoms with Crippen LogP contribution in [0.15, 0.2) is 23.4 Å². The first-order valence-electron chi connectivity index (χ1n) is 9.30. The van der Waals surface area contributed by atoms with Crippen molar-refractivity contribution in [1.29, 1.82) is 0 Å². The van der Waals surface area contributed by atoms with Crippen LogP contribution in [0.1, 0.15) is 34.6 Å². The number of H-pyrrole nitrogens is 1. The van der Waals surface area contributed by atoms with Gasteiger partial charge in [-0.1, -0.05) is 0 Å². The van der Waals surface area contributed by atoms with Gasteiger partial charge in [0.15, 0.2) is 0 Å². The zero-order valence-electron chi connectivity index (χ0n) is 14.9. The summed E-state index contributed by atoms with van der Waals surface area (Å²) in [6.45, 7) is 4.35. The highest BCUT2D eigenvalue weighted by molar-refractivity contribution is 5.92. The van der Waals surface area contributed by atoms with Gasteiger partial charge < -0.3 is 9.88 Å². The van der Waals surface area contributed by atoms with Gasteiger partial charge in [-0.05, 0) is 31.2 Å². The molecule has 0 radical (unpaired) electrons. The van der Waals surface area contributed by atoms with Crippen LogP contribution >= 0.6 is 0 Å². The highest BCUT2D eigenvalue weighted by Gasteiger charge is 2.23. The smallest absolute Gasteiger partial charge is 0.272 e. The lowest BCUT2D eigenvalue weighted by Crippen LogP contribution is -2.49. The van der Waals surface area contributed by atoms with Gasteiger partial charge in [-0.25, -0.2) is 9.67 Å². The number of nitrogens with one attached hydrogen (secondary N) is 1. The summed E-state index contributed by atoms with van der Waals surface area (Å²) in [5, 5.41) is 4.58. The number of aromatic amines is 1. The number of carbonyl (C=O) groups excluding carboxylic acids is 1. The monoisotopic (exact) mass is 356 g/mol. The van der Waals surface area contributed by atoms with E-state index in [1.165, 1.54) is 6.33 Å². The summed E-state index contributed by atoms with van der Waals surface area (Å²) in [7, 11) is 0. The van der Waals surface area contributed by atoms with Gasteiger partial charge in [0, 0.05) is 38.8 Å². The van der Waals surface area contributed by atoms with Crippen molar-refractivity contribution < 1.29 is 4.79 Å². The van der Waals surface area contributed by atoms with Crippen LogP contribution in [0.5, 0.6) is 0 Å². The topological polar surface area (TPSA) is 87.1 Å². The highest BCUT2D eigenvalue weighted by atomic mass is 16.2. The van der Waals surface area contributed by atoms with E-state index in [1.807, 2.05) is 4.90 Å². The van der Waals surface area contributed by atoms with Gasteiger partial charge in [-0.15, -0.1) is 0 Å². The number of carbonyl (C=O) groups is 1. The molecule has 138 valence electrons. The molecule has 8 heteroatoms. The second-order valence-electron chi connectivity index (χ2n) is 6.98. The number of fused-ring (bicyclic) bond motifs is 1. The zero-order chi connectivity index (χ0) is 17.9. The van der Waals surface area contributed by atoms with Crippen molar-refractivity contribution in [2.24, 2.45) is 0 Å². The Labute approximate surface area is 151 Å². The molecular formula is C18H24N6O2. The molecule has 1 aliphatic carbocycles. The van der Waals surface area contributed by atoms with Crippen LogP contribution in [0.3, 0.4) is 0 Å². The summed E-state index contributed by atoms with van der Waals surface area (Å²) in [6.07, 6.45) is 7.34. The lowest BCUT2D eigenvalue weighted by atomic mass is 9.97. The Morgan fingerprint density at radius 2 is 1.92 bits per heavy atom. The number of hydrogen-bond donors (Lipinski definition) is 1. The van der Waals surface area contributed by atoms with E-state index in [9.17, 15) is 9.59 Å². The Kier molecular flexibility index (Phi) is 4.83. The molecule has 1 N–H and O–H groups in total. The van der Waals surface area contributed by atoms with E-state index in [0.29, 0.717) is 25.3 Å². The zero-order valence-corrected chi connectivity index (χ0v) is 14.9. The summed E-state index contributed by atoms with van der Waals surface area (Å²) >= 11 is 0. The predicted octanol–water partition coefficient (Wildman–Crippen LogP) is 0.303. The molecule has 1 amide bonds. The third-order valence-electron chi connectivity index (χ3n) is 5.29. The molecule has 2 aliphatic rings. The van der Waals surface area contributed by atoms with Crippen LogP contribution in [-0.4, -0.2) is 68.2 Å². The molecule has 0 unspecified atom stereocenters. The van der Waals surface area contributed by atoms with E-state index >= 15 is 0 Å². The summed E-state index contributed by atoms with van der Waals surface area (Å²) < 4.78 is 1.60. The maximum absolute atomic E-state index is 12.3. The molecule has 4 rings (SSSR count). The fourth-order valence-corrected chi connectivity index (χ4v) is 3.72. The third kappa shape index (κ3) is 3.55. The van der Waals surface area contributed by atoms with E-state index in [4.69, 9.17) is 0 Å². The number of hydrogen-bond acceptors (Lipinski definition) is 5. The molecular weight excluding hydrogens is 332 g/mol. The van der Waals surface area contributed by atoms with Gasteiger partial charge >= 0.3 is 0 Å². The normalized spacial score (nSPS) is 17.9. The standard InChI is InChI=1S/C18H24N6O2/c25-17-11-14-3-1-2-4-15(14)21-24(17)10-7-22-5-8-23(9-6-22)18(26)16-12-19-13-20-16/h11-13H,1-10H2,(H,19,20). The van der Waals surface area contributed by atoms with Crippen molar-refractivity contribution in [3.05, 3.63) is 45.9 Å². The number of amides is 1. The van der Waals surface area contributed by atoms with Crippen molar-refractivity contribution in [2.75, 3.05) is 32.7 Å². The number of piperazine rings is 1. The molecule has 3 heterocycles. The fourth-order valence-electron chi connectivity index (χ4n) is 3.72. The molecule has 1 saturated heterocycles. The Bertz CT molecular complexity index is 821. The third-order valence-corrected chi connectivity index (χ3v) is 5.29. The van der Waals surface area contributed by atoms with Crippen molar-refractivity contribution in [3.8, 4) is 0 Å². The van der Waals surface area contributed by atoms with Gasteiger partial charge in [0.05, 0.1) is 24.8 Å². The second kappa shape index (κ2) is 7.41. The van der Waals surface area contributed by atoms with Crippen LogP contribution in [0.25, 0.3) is 0 Å². The number of imidazole rings is 1. The summed E-state index contributed by atoms with van der Waals surface area (Å²) in [5.74, 6) is -0.00489. The van der Waals surface area contributed by atoms with E-state index in [-0.39, 0.29) is 11.5 Å². The minimum absolute atomic E-state index is 0.00120. The predicted molar refractivity (Wildman–Crippen MR) is 96.1 cm³/mol. The molecule has 0 bridgehead atoms. The number of nitrogens with zero attached hydrogens (tertiary/aromatic N) is 5. The molecule has 1 aliphatic heterocycles. The summed E-state index contributed by atoms with van der Waals surface area (Å²) in [6, 6.07) is 1.77. The number of rotatable bonds is 4. The molecule has 26 heavy (non-hydrogen) atoms. The lowest BCUT2D eigenvalue weighted by molar-refractivity contribution is 0.0626. The van der Waals surface area contributed by atoms with Crippen LogP contribution in [-0.2, 0) is 19.4 Å². The maximum atomic E-state index is 12.3. The Morgan fingerprint density at radius 3 is 2.69 bits per heavy atom. The summed E-state index contributed by atoms with van der Waals surface area (Å²) in [4.78, 5) is 35.5. The first-order chi connectivity index (χ1) is 12.7. The first-order valence-corrected chi connectivity index (χ1v) is 9.30. The van der Waals surface area contributed by atoms with Crippen molar-refractivity contribution >= 4 is 5.91 Å². The van der Waals surface area contributed by atoms with E-state index in [0.717, 1.165) is 56.6 Å². The Balaban J connectivity index is 1.31.